The molecule has 3 rings (SSSR count). The minimum absolute atomic E-state index is 0. The molecule has 110 valence electrons. The van der Waals surface area contributed by atoms with Crippen LogP contribution < -0.4 is 5.32 Å². The summed E-state index contributed by atoms with van der Waals surface area (Å²) in [6.07, 6.45) is 1.32. The van der Waals surface area contributed by atoms with E-state index in [9.17, 15) is 9.18 Å². The van der Waals surface area contributed by atoms with Crippen molar-refractivity contribution in [2.75, 3.05) is 19.6 Å². The second-order valence-electron chi connectivity index (χ2n) is 5.27. The summed E-state index contributed by atoms with van der Waals surface area (Å²) in [7, 11) is 0. The number of halogens is 3. The maximum Gasteiger partial charge on any atom is 0.227 e. The van der Waals surface area contributed by atoms with E-state index in [1.54, 1.807) is 6.07 Å². The number of carbonyl (C=O) groups excluding carboxylic acids is 1. The molecule has 0 aromatic heterocycles. The molecule has 0 bridgehead atoms. The van der Waals surface area contributed by atoms with Crippen molar-refractivity contribution in [3.8, 4) is 0 Å². The molecule has 2 aliphatic heterocycles. The molecule has 2 heterocycles. The maximum absolute atomic E-state index is 13.0. The van der Waals surface area contributed by atoms with Gasteiger partial charge in [-0.25, -0.2) is 4.39 Å². The van der Waals surface area contributed by atoms with E-state index in [4.69, 9.17) is 11.6 Å². The first kappa shape index (κ1) is 15.5. The summed E-state index contributed by atoms with van der Waals surface area (Å²) in [6.45, 7) is 2.72. The third-order valence-corrected chi connectivity index (χ3v) is 4.47. The molecule has 2 atom stereocenters. The molecule has 1 amide bonds. The zero-order valence-corrected chi connectivity index (χ0v) is 12.5. The van der Waals surface area contributed by atoms with E-state index < -0.39 is 0 Å². The molecular formula is C14H17Cl2FN2O. The monoisotopic (exact) mass is 318 g/mol. The summed E-state index contributed by atoms with van der Waals surface area (Å²) in [6, 6.07) is 4.52. The molecule has 0 aliphatic carbocycles. The molecule has 6 heteroatoms. The second-order valence-corrected chi connectivity index (χ2v) is 5.68. The molecule has 0 radical (unpaired) electrons. The highest BCUT2D eigenvalue weighted by molar-refractivity contribution is 6.31. The summed E-state index contributed by atoms with van der Waals surface area (Å²) >= 11 is 5.97. The topological polar surface area (TPSA) is 32.3 Å². The average molecular weight is 319 g/mol. The van der Waals surface area contributed by atoms with Crippen molar-refractivity contribution in [3.05, 3.63) is 34.6 Å². The van der Waals surface area contributed by atoms with E-state index in [2.05, 4.69) is 5.32 Å². The van der Waals surface area contributed by atoms with Crippen molar-refractivity contribution in [2.45, 2.75) is 18.9 Å². The van der Waals surface area contributed by atoms with Gasteiger partial charge in [-0.3, -0.25) is 4.79 Å². The number of likely N-dealkylation sites (tertiary alicyclic amines) is 1. The Morgan fingerprint density at radius 3 is 3.00 bits per heavy atom. The van der Waals surface area contributed by atoms with Crippen LogP contribution in [0.15, 0.2) is 18.2 Å². The van der Waals surface area contributed by atoms with Crippen molar-refractivity contribution in [3.63, 3.8) is 0 Å². The lowest BCUT2D eigenvalue weighted by atomic mass is 10.0. The normalized spacial score (nSPS) is 24.4. The molecule has 0 spiro atoms. The van der Waals surface area contributed by atoms with Gasteiger partial charge >= 0.3 is 0 Å². The number of rotatable bonds is 2. The van der Waals surface area contributed by atoms with Crippen LogP contribution in [0.1, 0.15) is 12.0 Å². The molecule has 1 aromatic carbocycles. The lowest BCUT2D eigenvalue weighted by Gasteiger charge is -2.23. The average Bonchev–Trinajstić information content (AvgIpc) is 2.94. The van der Waals surface area contributed by atoms with Gasteiger partial charge in [0, 0.05) is 30.7 Å². The lowest BCUT2D eigenvalue weighted by molar-refractivity contribution is -0.131. The smallest absolute Gasteiger partial charge is 0.227 e. The van der Waals surface area contributed by atoms with Gasteiger partial charge in [-0.05, 0) is 30.0 Å². The molecule has 2 aliphatic rings. The van der Waals surface area contributed by atoms with Crippen molar-refractivity contribution in [1.29, 1.82) is 0 Å². The van der Waals surface area contributed by atoms with E-state index in [1.165, 1.54) is 12.1 Å². The number of nitrogens with zero attached hydrogens (tertiary/aromatic N) is 1. The highest BCUT2D eigenvalue weighted by Crippen LogP contribution is 2.28. The van der Waals surface area contributed by atoms with Crippen LogP contribution in [0.2, 0.25) is 5.02 Å². The van der Waals surface area contributed by atoms with Crippen molar-refractivity contribution in [1.82, 2.24) is 10.2 Å². The molecule has 0 saturated carbocycles. The third kappa shape index (κ3) is 2.92. The number of amides is 1. The van der Waals surface area contributed by atoms with E-state index in [0.29, 0.717) is 22.5 Å². The van der Waals surface area contributed by atoms with Gasteiger partial charge < -0.3 is 10.2 Å². The Labute approximate surface area is 128 Å². The zero-order chi connectivity index (χ0) is 13.4. The Kier molecular flexibility index (Phi) is 4.89. The van der Waals surface area contributed by atoms with Crippen molar-refractivity contribution >= 4 is 29.9 Å². The van der Waals surface area contributed by atoms with E-state index in [-0.39, 0.29) is 30.6 Å². The van der Waals surface area contributed by atoms with Crippen LogP contribution in [-0.4, -0.2) is 36.5 Å². The Morgan fingerprint density at radius 2 is 2.25 bits per heavy atom. The maximum atomic E-state index is 13.0. The van der Waals surface area contributed by atoms with Crippen LogP contribution in [0.3, 0.4) is 0 Å². The largest absolute Gasteiger partial charge is 0.338 e. The Balaban J connectivity index is 0.00000147. The van der Waals surface area contributed by atoms with Crippen LogP contribution in [0.5, 0.6) is 0 Å². The SMILES string of the molecule is Cl.O=C(Cc1ccc(F)cc1Cl)N1CC[C@H]2CNC[C@H]21. The number of carbonyl (C=O) groups is 1. The van der Waals surface area contributed by atoms with Crippen LogP contribution in [-0.2, 0) is 11.2 Å². The summed E-state index contributed by atoms with van der Waals surface area (Å²) in [4.78, 5) is 14.3. The summed E-state index contributed by atoms with van der Waals surface area (Å²) in [5, 5.41) is 3.65. The fourth-order valence-corrected chi connectivity index (χ4v) is 3.32. The molecule has 2 fully saturated rings. The summed E-state index contributed by atoms with van der Waals surface area (Å²) in [5.74, 6) is 0.305. The van der Waals surface area contributed by atoms with E-state index >= 15 is 0 Å². The standard InChI is InChI=1S/C14H16ClFN2O.ClH/c15-12-6-11(16)2-1-9(12)5-14(19)18-4-3-10-7-17-8-13(10)18;/h1-2,6,10,13,17H,3-5,7-8H2;1H/t10-,13+;/m0./s1. The van der Waals surface area contributed by atoms with Gasteiger partial charge in [0.05, 0.1) is 6.42 Å². The number of benzene rings is 1. The van der Waals surface area contributed by atoms with E-state index in [1.807, 2.05) is 4.90 Å². The zero-order valence-electron chi connectivity index (χ0n) is 10.9. The van der Waals surface area contributed by atoms with Gasteiger partial charge in [0.15, 0.2) is 0 Å². The van der Waals surface area contributed by atoms with Gasteiger partial charge in [-0.2, -0.15) is 0 Å². The fourth-order valence-electron chi connectivity index (χ4n) is 3.09. The lowest BCUT2D eigenvalue weighted by Crippen LogP contribution is -2.39. The molecule has 1 N–H and O–H groups in total. The predicted molar refractivity (Wildman–Crippen MR) is 78.8 cm³/mol. The van der Waals surface area contributed by atoms with Crippen LogP contribution >= 0.6 is 24.0 Å². The van der Waals surface area contributed by atoms with Crippen molar-refractivity contribution in [2.24, 2.45) is 5.92 Å². The molecule has 2 saturated heterocycles. The predicted octanol–water partition coefficient (Wildman–Crippen LogP) is 2.26. The minimum atomic E-state index is -0.373. The molecule has 0 unspecified atom stereocenters. The van der Waals surface area contributed by atoms with E-state index in [0.717, 1.165) is 26.1 Å². The van der Waals surface area contributed by atoms with Crippen LogP contribution in [0, 0.1) is 11.7 Å². The highest BCUT2D eigenvalue weighted by atomic mass is 35.5. The first-order chi connectivity index (χ1) is 9.15. The van der Waals surface area contributed by atoms with Gasteiger partial charge in [0.2, 0.25) is 5.91 Å². The quantitative estimate of drug-likeness (QED) is 0.907. The van der Waals surface area contributed by atoms with Gasteiger partial charge in [0.25, 0.3) is 0 Å². The first-order valence-corrected chi connectivity index (χ1v) is 6.97. The van der Waals surface area contributed by atoms with Crippen LogP contribution in [0.25, 0.3) is 0 Å². The highest BCUT2D eigenvalue weighted by Gasteiger charge is 2.39. The molecule has 1 aromatic rings. The number of hydrogen-bond acceptors (Lipinski definition) is 2. The van der Waals surface area contributed by atoms with Gasteiger partial charge in [0.1, 0.15) is 5.82 Å². The number of hydrogen-bond donors (Lipinski definition) is 1. The third-order valence-electron chi connectivity index (χ3n) is 4.12. The summed E-state index contributed by atoms with van der Waals surface area (Å²) in [5.41, 5.74) is 0.697. The minimum Gasteiger partial charge on any atom is -0.338 e. The fraction of sp³-hybridized carbons (Fsp3) is 0.500. The van der Waals surface area contributed by atoms with Crippen molar-refractivity contribution < 1.29 is 9.18 Å². The summed E-state index contributed by atoms with van der Waals surface area (Å²) < 4.78 is 13.0. The van der Waals surface area contributed by atoms with Crippen LogP contribution in [0.4, 0.5) is 4.39 Å². The molecule has 3 nitrogen and oxygen atoms in total. The number of nitrogens with one attached hydrogen (secondary N) is 1. The van der Waals surface area contributed by atoms with Gasteiger partial charge in [-0.1, -0.05) is 17.7 Å². The first-order valence-electron chi connectivity index (χ1n) is 6.59. The Bertz CT molecular complexity index is 512. The second kappa shape index (κ2) is 6.29. The van der Waals surface area contributed by atoms with Gasteiger partial charge in [-0.15, -0.1) is 12.4 Å². The number of fused-ring (bicyclic) bond motifs is 1. The Morgan fingerprint density at radius 1 is 1.45 bits per heavy atom. The molecular weight excluding hydrogens is 302 g/mol. The Hall–Kier alpha value is -0.840. The molecule has 20 heavy (non-hydrogen) atoms.